The molecule has 9 heteroatoms. The van der Waals surface area contributed by atoms with E-state index in [0.29, 0.717) is 69.4 Å². The number of aryl methyl sites for hydroxylation is 1. The maximum atomic E-state index is 12.7. The first-order valence-electron chi connectivity index (χ1n) is 10.7. The molecule has 31 heavy (non-hydrogen) atoms. The number of carbonyl (C=O) groups excluding carboxylic acids is 1. The van der Waals surface area contributed by atoms with Gasteiger partial charge in [-0.25, -0.2) is 4.98 Å². The second kappa shape index (κ2) is 9.70. The van der Waals surface area contributed by atoms with Crippen molar-refractivity contribution < 1.29 is 9.53 Å². The van der Waals surface area contributed by atoms with Crippen LogP contribution in [0.15, 0.2) is 29.1 Å². The molecule has 4 rings (SSSR count). The molecule has 2 aliphatic heterocycles. The van der Waals surface area contributed by atoms with Gasteiger partial charge in [-0.2, -0.15) is 0 Å². The van der Waals surface area contributed by atoms with Gasteiger partial charge in [-0.15, -0.1) is 0 Å². The minimum absolute atomic E-state index is 0.0758. The van der Waals surface area contributed by atoms with Crippen molar-refractivity contribution in [1.82, 2.24) is 14.9 Å². The highest BCUT2D eigenvalue weighted by atomic mass is 35.5. The summed E-state index contributed by atoms with van der Waals surface area (Å²) in [5.74, 6) is 0.658. The number of H-pyrrole nitrogens is 1. The zero-order valence-electron chi connectivity index (χ0n) is 17.8. The number of hydrogen-bond donors (Lipinski definition) is 1. The van der Waals surface area contributed by atoms with Crippen LogP contribution in [0, 0.1) is 6.92 Å². The van der Waals surface area contributed by atoms with E-state index in [1.54, 1.807) is 0 Å². The lowest BCUT2D eigenvalue weighted by molar-refractivity contribution is -0.131. The number of ether oxygens (including phenoxy) is 1. The second-order valence-electron chi connectivity index (χ2n) is 7.90. The standard InChI is InChI=1S/C22H28ClN5O3/c1-16-19(21(30)25-22(24-16)28-12-14-31-15-13-28)6-7-20(29)27-10-8-26(9-11-27)18-4-2-17(23)3-5-18/h2-5H,6-15H2,1H3,(H,24,25,30). The monoisotopic (exact) mass is 445 g/mol. The van der Waals surface area contributed by atoms with Crippen LogP contribution in [-0.2, 0) is 16.0 Å². The van der Waals surface area contributed by atoms with Gasteiger partial charge < -0.3 is 19.4 Å². The van der Waals surface area contributed by atoms with Gasteiger partial charge in [-0.05, 0) is 37.6 Å². The Hall–Kier alpha value is -2.58. The fourth-order valence-electron chi connectivity index (χ4n) is 4.07. The molecule has 2 aromatic rings. The van der Waals surface area contributed by atoms with E-state index >= 15 is 0 Å². The molecule has 8 nitrogen and oxygen atoms in total. The molecular weight excluding hydrogens is 418 g/mol. The van der Waals surface area contributed by atoms with Gasteiger partial charge in [0.1, 0.15) is 0 Å². The minimum Gasteiger partial charge on any atom is -0.378 e. The van der Waals surface area contributed by atoms with Crippen molar-refractivity contribution in [1.29, 1.82) is 0 Å². The number of aromatic amines is 1. The molecule has 1 aromatic carbocycles. The Kier molecular flexibility index (Phi) is 6.77. The molecule has 0 bridgehead atoms. The zero-order valence-corrected chi connectivity index (χ0v) is 18.5. The molecule has 2 saturated heterocycles. The average Bonchev–Trinajstić information content (AvgIpc) is 2.79. The smallest absolute Gasteiger partial charge is 0.255 e. The first kappa shape index (κ1) is 21.6. The van der Waals surface area contributed by atoms with E-state index in [9.17, 15) is 9.59 Å². The third-order valence-corrected chi connectivity index (χ3v) is 6.19. The van der Waals surface area contributed by atoms with Crippen LogP contribution in [0.25, 0.3) is 0 Å². The number of benzene rings is 1. The molecule has 0 aliphatic carbocycles. The molecule has 0 saturated carbocycles. The van der Waals surface area contributed by atoms with Crippen LogP contribution in [-0.4, -0.2) is 73.3 Å². The summed E-state index contributed by atoms with van der Waals surface area (Å²) in [5, 5.41) is 0.718. The Balaban J connectivity index is 1.31. The zero-order chi connectivity index (χ0) is 21.8. The number of aromatic nitrogens is 2. The van der Waals surface area contributed by atoms with Gasteiger partial charge in [-0.1, -0.05) is 11.6 Å². The first-order valence-corrected chi connectivity index (χ1v) is 11.1. The molecule has 166 valence electrons. The summed E-state index contributed by atoms with van der Waals surface area (Å²) in [4.78, 5) is 39.0. The van der Waals surface area contributed by atoms with E-state index in [1.165, 1.54) is 0 Å². The largest absolute Gasteiger partial charge is 0.378 e. The highest BCUT2D eigenvalue weighted by Crippen LogP contribution is 2.20. The van der Waals surface area contributed by atoms with Crippen LogP contribution in [0.5, 0.6) is 0 Å². The number of amides is 1. The Morgan fingerprint density at radius 2 is 1.74 bits per heavy atom. The average molecular weight is 446 g/mol. The van der Waals surface area contributed by atoms with E-state index in [-0.39, 0.29) is 11.5 Å². The van der Waals surface area contributed by atoms with E-state index < -0.39 is 0 Å². The molecule has 2 aliphatic rings. The molecule has 1 aromatic heterocycles. The molecular formula is C22H28ClN5O3. The second-order valence-corrected chi connectivity index (χ2v) is 8.33. The molecule has 2 fully saturated rings. The van der Waals surface area contributed by atoms with Gasteiger partial charge in [-0.3, -0.25) is 14.6 Å². The summed E-state index contributed by atoms with van der Waals surface area (Å²) >= 11 is 5.96. The minimum atomic E-state index is -0.158. The summed E-state index contributed by atoms with van der Waals surface area (Å²) in [6.45, 7) is 7.42. The molecule has 1 amide bonds. The van der Waals surface area contributed by atoms with Crippen molar-refractivity contribution in [3.63, 3.8) is 0 Å². The van der Waals surface area contributed by atoms with Crippen molar-refractivity contribution in [2.75, 3.05) is 62.3 Å². The van der Waals surface area contributed by atoms with E-state index in [2.05, 4.69) is 14.9 Å². The molecule has 1 N–H and O–H groups in total. The lowest BCUT2D eigenvalue weighted by atomic mass is 10.1. The van der Waals surface area contributed by atoms with Gasteiger partial charge in [0.15, 0.2) is 0 Å². The van der Waals surface area contributed by atoms with Crippen molar-refractivity contribution in [3.05, 3.63) is 50.9 Å². The van der Waals surface area contributed by atoms with Gasteiger partial charge >= 0.3 is 0 Å². The number of nitrogens with zero attached hydrogens (tertiary/aromatic N) is 4. The number of halogens is 1. The predicted molar refractivity (Wildman–Crippen MR) is 121 cm³/mol. The molecule has 0 unspecified atom stereocenters. The SMILES string of the molecule is Cc1nc(N2CCOCC2)[nH]c(=O)c1CCC(=O)N1CCN(c2ccc(Cl)cc2)CC1. The highest BCUT2D eigenvalue weighted by Gasteiger charge is 2.22. The molecule has 0 radical (unpaired) electrons. The third kappa shape index (κ3) is 5.19. The van der Waals surface area contributed by atoms with Gasteiger partial charge in [0.2, 0.25) is 11.9 Å². The van der Waals surface area contributed by atoms with Crippen LogP contribution in [0.2, 0.25) is 5.02 Å². The summed E-state index contributed by atoms with van der Waals surface area (Å²) in [7, 11) is 0. The normalized spacial score (nSPS) is 17.2. The summed E-state index contributed by atoms with van der Waals surface area (Å²) in [6.07, 6.45) is 0.706. The fourth-order valence-corrected chi connectivity index (χ4v) is 4.20. The number of nitrogens with one attached hydrogen (secondary N) is 1. The van der Waals surface area contributed by atoms with Crippen molar-refractivity contribution in [2.24, 2.45) is 0 Å². The lowest BCUT2D eigenvalue weighted by Gasteiger charge is -2.36. The van der Waals surface area contributed by atoms with Gasteiger partial charge in [0.05, 0.1) is 13.2 Å². The number of rotatable bonds is 5. The predicted octanol–water partition coefficient (Wildman–Crippen LogP) is 1.85. The lowest BCUT2D eigenvalue weighted by Crippen LogP contribution is -2.48. The number of morpholine rings is 1. The Bertz CT molecular complexity index is 964. The van der Waals surface area contributed by atoms with Crippen molar-refractivity contribution in [2.45, 2.75) is 19.8 Å². The number of hydrogen-bond acceptors (Lipinski definition) is 6. The van der Waals surface area contributed by atoms with Crippen LogP contribution < -0.4 is 15.4 Å². The van der Waals surface area contributed by atoms with Gasteiger partial charge in [0, 0.05) is 67.7 Å². The third-order valence-electron chi connectivity index (χ3n) is 5.93. The molecule has 3 heterocycles. The van der Waals surface area contributed by atoms with Crippen molar-refractivity contribution >= 4 is 29.1 Å². The van der Waals surface area contributed by atoms with E-state index in [1.807, 2.05) is 41.0 Å². The summed E-state index contributed by atoms with van der Waals surface area (Å²) in [6, 6.07) is 7.77. The topological polar surface area (TPSA) is 81.8 Å². The van der Waals surface area contributed by atoms with Crippen LogP contribution in [0.3, 0.4) is 0 Å². The maximum absolute atomic E-state index is 12.7. The van der Waals surface area contributed by atoms with Gasteiger partial charge in [0.25, 0.3) is 5.56 Å². The van der Waals surface area contributed by atoms with E-state index in [4.69, 9.17) is 16.3 Å². The molecule has 0 atom stereocenters. The van der Waals surface area contributed by atoms with Crippen LogP contribution in [0.4, 0.5) is 11.6 Å². The van der Waals surface area contributed by atoms with Crippen LogP contribution in [0.1, 0.15) is 17.7 Å². The fraction of sp³-hybridized carbons (Fsp3) is 0.500. The first-order chi connectivity index (χ1) is 15.0. The van der Waals surface area contributed by atoms with Crippen LogP contribution >= 0.6 is 11.6 Å². The Labute approximate surface area is 186 Å². The number of anilines is 2. The number of piperazine rings is 1. The summed E-state index contributed by atoms with van der Waals surface area (Å²) in [5.41, 5.74) is 2.23. The Morgan fingerprint density at radius 1 is 1.06 bits per heavy atom. The highest BCUT2D eigenvalue weighted by molar-refractivity contribution is 6.30. The Morgan fingerprint density at radius 3 is 2.39 bits per heavy atom. The van der Waals surface area contributed by atoms with Crippen molar-refractivity contribution in [3.8, 4) is 0 Å². The number of carbonyl (C=O) groups is 1. The van der Waals surface area contributed by atoms with E-state index in [0.717, 1.165) is 23.8 Å². The summed E-state index contributed by atoms with van der Waals surface area (Å²) < 4.78 is 5.35. The molecule has 0 spiro atoms. The quantitative estimate of drug-likeness (QED) is 0.756. The maximum Gasteiger partial charge on any atom is 0.255 e.